The maximum Gasteiger partial charge on any atom is 0.416 e. The number of carbonyl (C=O) groups excluding carboxylic acids is 2. The number of anilines is 2. The molecule has 1 fully saturated rings. The van der Waals surface area contributed by atoms with Gasteiger partial charge in [-0.2, -0.15) is 13.2 Å². The molecule has 0 radical (unpaired) electrons. The molecule has 0 aromatic heterocycles. The number of rotatable bonds is 7. The molecule has 3 N–H and O–H groups in total. The van der Waals surface area contributed by atoms with Crippen molar-refractivity contribution < 1.29 is 22.8 Å². The monoisotopic (exact) mass is 487 g/mol. The van der Waals surface area contributed by atoms with Crippen molar-refractivity contribution in [2.45, 2.75) is 31.1 Å². The second-order valence-electron chi connectivity index (χ2n) is 8.00. The van der Waals surface area contributed by atoms with Gasteiger partial charge in [-0.1, -0.05) is 48.0 Å². The van der Waals surface area contributed by atoms with Gasteiger partial charge in [0, 0.05) is 17.3 Å². The third kappa shape index (κ3) is 5.88. The Balaban J connectivity index is 1.59. The van der Waals surface area contributed by atoms with Crippen molar-refractivity contribution in [2.24, 2.45) is 0 Å². The number of alkyl halides is 3. The van der Waals surface area contributed by atoms with E-state index in [0.29, 0.717) is 16.8 Å². The molecule has 1 atom stereocenters. The first-order valence-electron chi connectivity index (χ1n) is 10.6. The normalized spacial score (nSPS) is 14.2. The molecule has 1 aliphatic rings. The minimum atomic E-state index is -4.58. The first-order valence-corrected chi connectivity index (χ1v) is 11.0. The maximum atomic E-state index is 13.2. The lowest BCUT2D eigenvalue weighted by molar-refractivity contribution is -0.137. The molecule has 4 rings (SSSR count). The summed E-state index contributed by atoms with van der Waals surface area (Å²) in [5.74, 6) is -0.817. The molecular formula is C25H21ClF3N3O2. The summed E-state index contributed by atoms with van der Waals surface area (Å²) < 4.78 is 39.4. The molecule has 1 saturated carbocycles. The third-order valence-corrected chi connectivity index (χ3v) is 5.62. The third-order valence-electron chi connectivity index (χ3n) is 5.29. The summed E-state index contributed by atoms with van der Waals surface area (Å²) in [5.41, 5.74) is 0.441. The molecule has 34 heavy (non-hydrogen) atoms. The van der Waals surface area contributed by atoms with Crippen LogP contribution in [0.4, 0.5) is 24.5 Å². The van der Waals surface area contributed by atoms with Crippen molar-refractivity contribution in [3.05, 3.63) is 94.5 Å². The number of nitrogens with one attached hydrogen (secondary N) is 3. The highest BCUT2D eigenvalue weighted by molar-refractivity contribution is 6.33. The Morgan fingerprint density at radius 2 is 1.68 bits per heavy atom. The summed E-state index contributed by atoms with van der Waals surface area (Å²) in [4.78, 5) is 25.6. The number of carbonyl (C=O) groups is 2. The van der Waals surface area contributed by atoms with Crippen LogP contribution in [0.15, 0.2) is 72.8 Å². The molecule has 3 aromatic carbocycles. The Hall–Kier alpha value is -3.52. The predicted octanol–water partition coefficient (Wildman–Crippen LogP) is 6.04. The fourth-order valence-corrected chi connectivity index (χ4v) is 3.53. The fraction of sp³-hybridized carbons (Fsp3) is 0.200. The van der Waals surface area contributed by atoms with Crippen molar-refractivity contribution in [2.75, 3.05) is 10.6 Å². The van der Waals surface area contributed by atoms with Gasteiger partial charge in [-0.05, 0) is 54.8 Å². The summed E-state index contributed by atoms with van der Waals surface area (Å²) in [6.07, 6.45) is -2.67. The Bertz CT molecular complexity index is 1200. The van der Waals surface area contributed by atoms with E-state index in [4.69, 9.17) is 11.6 Å². The molecular weight excluding hydrogens is 467 g/mol. The number of halogens is 4. The lowest BCUT2D eigenvalue weighted by Gasteiger charge is -2.21. The molecule has 1 unspecified atom stereocenters. The molecule has 2 amide bonds. The first-order chi connectivity index (χ1) is 16.2. The van der Waals surface area contributed by atoms with Gasteiger partial charge in [0.25, 0.3) is 11.8 Å². The minimum Gasteiger partial charge on any atom is -0.370 e. The van der Waals surface area contributed by atoms with Gasteiger partial charge in [-0.3, -0.25) is 9.59 Å². The van der Waals surface area contributed by atoms with Gasteiger partial charge in [0.2, 0.25) is 0 Å². The summed E-state index contributed by atoms with van der Waals surface area (Å²) in [5, 5.41) is 8.47. The molecule has 9 heteroatoms. The highest BCUT2D eigenvalue weighted by Crippen LogP contribution is 2.34. The van der Waals surface area contributed by atoms with Crippen molar-refractivity contribution in [1.29, 1.82) is 0 Å². The van der Waals surface area contributed by atoms with Gasteiger partial charge in [0.1, 0.15) is 6.04 Å². The molecule has 0 saturated heterocycles. The highest BCUT2D eigenvalue weighted by atomic mass is 35.5. The Labute approximate surface area is 199 Å². The van der Waals surface area contributed by atoms with Crippen LogP contribution in [0.1, 0.15) is 40.4 Å². The van der Waals surface area contributed by atoms with E-state index in [1.165, 1.54) is 0 Å². The first kappa shape index (κ1) is 23.6. The number of hydrogen-bond donors (Lipinski definition) is 3. The van der Waals surface area contributed by atoms with Crippen molar-refractivity contribution in [3.8, 4) is 0 Å². The zero-order valence-corrected chi connectivity index (χ0v) is 18.6. The van der Waals surface area contributed by atoms with Crippen molar-refractivity contribution in [3.63, 3.8) is 0 Å². The maximum absolute atomic E-state index is 13.2. The molecule has 0 heterocycles. The summed E-state index contributed by atoms with van der Waals surface area (Å²) in [7, 11) is 0. The minimum absolute atomic E-state index is 0.0214. The van der Waals surface area contributed by atoms with Gasteiger partial charge in [0.15, 0.2) is 0 Å². The van der Waals surface area contributed by atoms with Gasteiger partial charge in [0.05, 0.1) is 16.3 Å². The standard InChI is InChI=1S/C25H21ClF3N3O2/c26-20-12-9-17(25(27,28)29)14-21(20)32-24(34)22(15-5-2-1-3-6-15)30-19-8-4-7-16(13-19)23(33)31-18-10-11-18/h1-9,12-14,18,22,30H,10-11H2,(H,31,33)(H,32,34). The smallest absolute Gasteiger partial charge is 0.370 e. The lowest BCUT2D eigenvalue weighted by Crippen LogP contribution is -2.28. The van der Waals surface area contributed by atoms with E-state index in [-0.39, 0.29) is 22.7 Å². The van der Waals surface area contributed by atoms with Gasteiger partial charge >= 0.3 is 6.18 Å². The summed E-state index contributed by atoms with van der Waals surface area (Å²) in [6, 6.07) is 17.4. The van der Waals surface area contributed by atoms with E-state index in [2.05, 4.69) is 16.0 Å². The van der Waals surface area contributed by atoms with E-state index in [1.54, 1.807) is 54.6 Å². The van der Waals surface area contributed by atoms with E-state index >= 15 is 0 Å². The highest BCUT2D eigenvalue weighted by Gasteiger charge is 2.31. The Morgan fingerprint density at radius 3 is 2.35 bits per heavy atom. The molecule has 0 bridgehead atoms. The van der Waals surface area contributed by atoms with Crippen LogP contribution >= 0.6 is 11.6 Å². The van der Waals surface area contributed by atoms with E-state index in [1.807, 2.05) is 0 Å². The number of amides is 2. The van der Waals surface area contributed by atoms with Crippen LogP contribution in [0.3, 0.4) is 0 Å². The summed E-state index contributed by atoms with van der Waals surface area (Å²) >= 11 is 6.06. The lowest BCUT2D eigenvalue weighted by atomic mass is 10.0. The van der Waals surface area contributed by atoms with Crippen molar-refractivity contribution in [1.82, 2.24) is 5.32 Å². The fourth-order valence-electron chi connectivity index (χ4n) is 3.36. The molecule has 3 aromatic rings. The van der Waals surface area contributed by atoms with Crippen LogP contribution < -0.4 is 16.0 Å². The van der Waals surface area contributed by atoms with E-state index < -0.39 is 23.7 Å². The molecule has 5 nitrogen and oxygen atoms in total. The Kier molecular flexibility index (Phi) is 6.79. The molecule has 176 valence electrons. The topological polar surface area (TPSA) is 70.2 Å². The van der Waals surface area contributed by atoms with Gasteiger partial charge < -0.3 is 16.0 Å². The van der Waals surface area contributed by atoms with E-state index in [0.717, 1.165) is 31.0 Å². The largest absolute Gasteiger partial charge is 0.416 e. The van der Waals surface area contributed by atoms with Crippen LogP contribution in [0.2, 0.25) is 5.02 Å². The SMILES string of the molecule is O=C(NC1CC1)c1cccc(NC(C(=O)Nc2cc(C(F)(F)F)ccc2Cl)c2ccccc2)c1. The number of benzene rings is 3. The van der Waals surface area contributed by atoms with Crippen LogP contribution in [-0.2, 0) is 11.0 Å². The van der Waals surface area contributed by atoms with E-state index in [9.17, 15) is 22.8 Å². The van der Waals surface area contributed by atoms with Crippen molar-refractivity contribution >= 4 is 34.8 Å². The second kappa shape index (κ2) is 9.77. The van der Waals surface area contributed by atoms with Gasteiger partial charge in [-0.25, -0.2) is 0 Å². The van der Waals surface area contributed by atoms with Gasteiger partial charge in [-0.15, -0.1) is 0 Å². The zero-order valence-electron chi connectivity index (χ0n) is 17.8. The van der Waals surface area contributed by atoms with Crippen LogP contribution in [-0.4, -0.2) is 17.9 Å². The Morgan fingerprint density at radius 1 is 0.941 bits per heavy atom. The summed E-state index contributed by atoms with van der Waals surface area (Å²) in [6.45, 7) is 0. The molecule has 1 aliphatic carbocycles. The quantitative estimate of drug-likeness (QED) is 0.380. The number of hydrogen-bond acceptors (Lipinski definition) is 3. The molecule has 0 aliphatic heterocycles. The average molecular weight is 488 g/mol. The van der Waals surface area contributed by atoms with Crippen LogP contribution in [0.25, 0.3) is 0 Å². The van der Waals surface area contributed by atoms with Crippen LogP contribution in [0.5, 0.6) is 0 Å². The predicted molar refractivity (Wildman–Crippen MR) is 125 cm³/mol. The second-order valence-corrected chi connectivity index (χ2v) is 8.41. The zero-order chi connectivity index (χ0) is 24.3. The molecule has 0 spiro atoms. The average Bonchev–Trinajstić information content (AvgIpc) is 3.63. The van der Waals surface area contributed by atoms with Crippen LogP contribution in [0, 0.1) is 0 Å².